The summed E-state index contributed by atoms with van der Waals surface area (Å²) in [6.45, 7) is 0.647. The fourth-order valence-corrected chi connectivity index (χ4v) is 2.65. The van der Waals surface area contributed by atoms with Gasteiger partial charge in [0.1, 0.15) is 6.04 Å². The van der Waals surface area contributed by atoms with Gasteiger partial charge in [-0.25, -0.2) is 0 Å². The van der Waals surface area contributed by atoms with Gasteiger partial charge in [-0.15, -0.1) is 0 Å². The summed E-state index contributed by atoms with van der Waals surface area (Å²) in [4.78, 5) is 14.3. The number of amides is 1. The molecule has 2 aromatic rings. The highest BCUT2D eigenvalue weighted by Gasteiger charge is 2.28. The minimum absolute atomic E-state index is 0.138. The van der Waals surface area contributed by atoms with Gasteiger partial charge in [-0.2, -0.15) is 0 Å². The van der Waals surface area contributed by atoms with Crippen LogP contribution in [-0.4, -0.2) is 23.9 Å². The van der Waals surface area contributed by atoms with Crippen LogP contribution in [0.2, 0.25) is 0 Å². The Morgan fingerprint density at radius 1 is 1.15 bits per heavy atom. The number of carbonyl (C=O) groups excluding carboxylic acids is 1. The van der Waals surface area contributed by atoms with E-state index in [4.69, 9.17) is 0 Å². The smallest absolute Gasteiger partial charge is 0.245 e. The zero-order chi connectivity index (χ0) is 13.9. The number of carbonyl (C=O) groups is 1. The number of rotatable bonds is 3. The van der Waals surface area contributed by atoms with Crippen molar-refractivity contribution in [3.8, 4) is 0 Å². The lowest BCUT2D eigenvalue weighted by Gasteiger charge is -2.21. The molecule has 1 aliphatic rings. The Kier molecular flexibility index (Phi) is 3.42. The van der Waals surface area contributed by atoms with E-state index in [9.17, 15) is 4.79 Å². The van der Waals surface area contributed by atoms with Crippen molar-refractivity contribution in [3.05, 3.63) is 65.7 Å². The van der Waals surface area contributed by atoms with Crippen molar-refractivity contribution in [1.82, 2.24) is 4.90 Å². The van der Waals surface area contributed by atoms with Gasteiger partial charge in [-0.05, 0) is 17.2 Å². The molecule has 1 aliphatic heterocycles. The predicted octanol–water partition coefficient (Wildman–Crippen LogP) is 2.68. The van der Waals surface area contributed by atoms with E-state index in [1.807, 2.05) is 55.6 Å². The van der Waals surface area contributed by atoms with E-state index < -0.39 is 0 Å². The number of anilines is 1. The molecule has 3 rings (SSSR count). The molecule has 1 amide bonds. The molecule has 102 valence electrons. The lowest BCUT2D eigenvalue weighted by molar-refractivity contribution is -0.131. The van der Waals surface area contributed by atoms with Crippen LogP contribution >= 0.6 is 0 Å². The second-order valence-corrected chi connectivity index (χ2v) is 5.24. The molecule has 0 bridgehead atoms. The minimum atomic E-state index is -0.138. The third-order valence-electron chi connectivity index (χ3n) is 3.71. The fraction of sp³-hybridized carbons (Fsp3) is 0.235. The Bertz CT molecular complexity index is 584. The number of para-hydroxylation sites is 1. The van der Waals surface area contributed by atoms with E-state index in [-0.39, 0.29) is 11.9 Å². The molecule has 3 heteroatoms. The Morgan fingerprint density at radius 2 is 1.85 bits per heavy atom. The summed E-state index contributed by atoms with van der Waals surface area (Å²) < 4.78 is 0. The summed E-state index contributed by atoms with van der Waals surface area (Å²) in [6, 6.07) is 18.0. The molecule has 0 saturated carbocycles. The molecule has 0 unspecified atom stereocenters. The standard InChI is InChI=1S/C17H18N2O/c1-19(12-13-7-3-2-4-8-13)17(20)16-11-14-9-5-6-10-15(14)18-16/h2-10,16,18H,11-12H2,1H3/t16-/m0/s1. The molecule has 0 aromatic heterocycles. The van der Waals surface area contributed by atoms with Gasteiger partial charge in [0.15, 0.2) is 0 Å². The number of likely N-dealkylation sites (N-methyl/N-ethyl adjacent to an activating group) is 1. The van der Waals surface area contributed by atoms with Crippen LogP contribution in [0.15, 0.2) is 54.6 Å². The van der Waals surface area contributed by atoms with Crippen molar-refractivity contribution in [1.29, 1.82) is 0 Å². The van der Waals surface area contributed by atoms with Crippen molar-refractivity contribution >= 4 is 11.6 Å². The molecule has 1 N–H and O–H groups in total. The zero-order valence-electron chi connectivity index (χ0n) is 11.5. The number of benzene rings is 2. The van der Waals surface area contributed by atoms with Gasteiger partial charge in [-0.1, -0.05) is 48.5 Å². The first-order valence-corrected chi connectivity index (χ1v) is 6.87. The Hall–Kier alpha value is -2.29. The Morgan fingerprint density at radius 3 is 2.60 bits per heavy atom. The van der Waals surface area contributed by atoms with Gasteiger partial charge in [0.25, 0.3) is 0 Å². The summed E-state index contributed by atoms with van der Waals surface area (Å²) in [5.74, 6) is 0.144. The maximum Gasteiger partial charge on any atom is 0.245 e. The molecule has 0 saturated heterocycles. The largest absolute Gasteiger partial charge is 0.373 e. The van der Waals surface area contributed by atoms with Crippen LogP contribution in [0.25, 0.3) is 0 Å². The first-order chi connectivity index (χ1) is 9.74. The van der Waals surface area contributed by atoms with Crippen molar-refractivity contribution < 1.29 is 4.79 Å². The normalized spacial score (nSPS) is 16.4. The van der Waals surface area contributed by atoms with Crippen molar-refractivity contribution in [2.24, 2.45) is 0 Å². The van der Waals surface area contributed by atoms with Crippen LogP contribution in [0, 0.1) is 0 Å². The van der Waals surface area contributed by atoms with E-state index in [0.29, 0.717) is 6.54 Å². The van der Waals surface area contributed by atoms with Gasteiger partial charge < -0.3 is 10.2 Å². The molecule has 1 atom stereocenters. The fourth-order valence-electron chi connectivity index (χ4n) is 2.65. The highest BCUT2D eigenvalue weighted by atomic mass is 16.2. The molecule has 1 heterocycles. The number of hydrogen-bond acceptors (Lipinski definition) is 2. The minimum Gasteiger partial charge on any atom is -0.373 e. The average Bonchev–Trinajstić information content (AvgIpc) is 2.91. The molecule has 3 nitrogen and oxygen atoms in total. The first-order valence-electron chi connectivity index (χ1n) is 6.87. The van der Waals surface area contributed by atoms with Crippen LogP contribution in [-0.2, 0) is 17.8 Å². The second kappa shape index (κ2) is 5.37. The maximum atomic E-state index is 12.5. The van der Waals surface area contributed by atoms with Gasteiger partial charge in [0, 0.05) is 25.7 Å². The van der Waals surface area contributed by atoms with Gasteiger partial charge in [0.05, 0.1) is 0 Å². The van der Waals surface area contributed by atoms with Crippen LogP contribution in [0.4, 0.5) is 5.69 Å². The summed E-state index contributed by atoms with van der Waals surface area (Å²) in [7, 11) is 1.86. The lowest BCUT2D eigenvalue weighted by Crippen LogP contribution is -2.39. The van der Waals surface area contributed by atoms with E-state index in [1.165, 1.54) is 5.56 Å². The monoisotopic (exact) mass is 266 g/mol. The molecule has 0 fully saturated rings. The number of hydrogen-bond donors (Lipinski definition) is 1. The van der Waals surface area contributed by atoms with Crippen molar-refractivity contribution in [2.45, 2.75) is 19.0 Å². The Balaban J connectivity index is 1.66. The van der Waals surface area contributed by atoms with E-state index in [0.717, 1.165) is 17.7 Å². The zero-order valence-corrected chi connectivity index (χ0v) is 11.5. The topological polar surface area (TPSA) is 32.3 Å². The van der Waals surface area contributed by atoms with Gasteiger partial charge in [0.2, 0.25) is 5.91 Å². The summed E-state index contributed by atoms with van der Waals surface area (Å²) >= 11 is 0. The summed E-state index contributed by atoms with van der Waals surface area (Å²) in [5, 5.41) is 3.31. The Labute approximate surface area is 119 Å². The molecule has 2 aromatic carbocycles. The van der Waals surface area contributed by atoms with Crippen LogP contribution in [0.5, 0.6) is 0 Å². The SMILES string of the molecule is CN(Cc1ccccc1)C(=O)[C@@H]1Cc2ccccc2N1. The second-order valence-electron chi connectivity index (χ2n) is 5.24. The van der Waals surface area contributed by atoms with Crippen molar-refractivity contribution in [3.63, 3.8) is 0 Å². The average molecular weight is 266 g/mol. The van der Waals surface area contributed by atoms with Crippen LogP contribution in [0.1, 0.15) is 11.1 Å². The summed E-state index contributed by atoms with van der Waals surface area (Å²) in [5.41, 5.74) is 3.46. The molecular weight excluding hydrogens is 248 g/mol. The molecule has 0 aliphatic carbocycles. The quantitative estimate of drug-likeness (QED) is 0.926. The van der Waals surface area contributed by atoms with Gasteiger partial charge in [-0.3, -0.25) is 4.79 Å². The van der Waals surface area contributed by atoms with E-state index in [1.54, 1.807) is 4.90 Å². The molecular formula is C17H18N2O. The first kappa shape index (κ1) is 12.7. The molecule has 20 heavy (non-hydrogen) atoms. The summed E-state index contributed by atoms with van der Waals surface area (Å²) in [6.07, 6.45) is 0.772. The maximum absolute atomic E-state index is 12.5. The number of nitrogens with zero attached hydrogens (tertiary/aromatic N) is 1. The number of nitrogens with one attached hydrogen (secondary N) is 1. The lowest BCUT2D eigenvalue weighted by atomic mass is 10.1. The van der Waals surface area contributed by atoms with Crippen LogP contribution in [0.3, 0.4) is 0 Å². The highest BCUT2D eigenvalue weighted by molar-refractivity contribution is 5.87. The van der Waals surface area contributed by atoms with E-state index >= 15 is 0 Å². The third kappa shape index (κ3) is 2.52. The molecule has 0 radical (unpaired) electrons. The predicted molar refractivity (Wildman–Crippen MR) is 80.5 cm³/mol. The van der Waals surface area contributed by atoms with Crippen molar-refractivity contribution in [2.75, 3.05) is 12.4 Å². The number of fused-ring (bicyclic) bond motifs is 1. The van der Waals surface area contributed by atoms with Crippen LogP contribution < -0.4 is 5.32 Å². The van der Waals surface area contributed by atoms with E-state index in [2.05, 4.69) is 11.4 Å². The molecule has 0 spiro atoms. The highest BCUT2D eigenvalue weighted by Crippen LogP contribution is 2.26. The third-order valence-corrected chi connectivity index (χ3v) is 3.71. The van der Waals surface area contributed by atoms with Gasteiger partial charge >= 0.3 is 0 Å².